The van der Waals surface area contributed by atoms with Crippen LogP contribution in [0.5, 0.6) is 5.75 Å². The van der Waals surface area contributed by atoms with Crippen molar-refractivity contribution >= 4 is 0 Å². The molecule has 0 N–H and O–H groups in total. The fraction of sp³-hybridized carbons (Fsp3) is 0.333. The van der Waals surface area contributed by atoms with Crippen LogP contribution in [0, 0.1) is 17.1 Å². The van der Waals surface area contributed by atoms with Crippen LogP contribution in [0.2, 0.25) is 0 Å². The molecule has 3 rings (SSSR count). The zero-order chi connectivity index (χ0) is 14.1. The van der Waals surface area contributed by atoms with E-state index in [1.807, 2.05) is 23.0 Å². The summed E-state index contributed by atoms with van der Waals surface area (Å²) in [5, 5.41) is 13.3. The highest BCUT2D eigenvalue weighted by molar-refractivity contribution is 5.54. The molecule has 0 fully saturated rings. The fourth-order valence-electron chi connectivity index (χ4n) is 2.94. The molecule has 0 saturated carbocycles. The molecular formula is C15H14FN3O. The number of halogens is 1. The lowest BCUT2D eigenvalue weighted by molar-refractivity contribution is 0.387. The van der Waals surface area contributed by atoms with Crippen LogP contribution in [0.25, 0.3) is 0 Å². The number of nitrogens with zero attached hydrogens (tertiary/aromatic N) is 3. The maximum absolute atomic E-state index is 14.1. The van der Waals surface area contributed by atoms with Gasteiger partial charge in [-0.25, -0.2) is 4.39 Å². The standard InChI is InChI=1S/C15H14FN3O/c1-20-15-10-4-2-5-14(19-7-3-6-18-19)11(10)8-13(16)12(15)9-17/h3,6-8,14H,2,4-5H2,1H3. The number of nitriles is 1. The Hall–Kier alpha value is -2.35. The van der Waals surface area contributed by atoms with E-state index in [2.05, 4.69) is 5.10 Å². The fourth-order valence-corrected chi connectivity index (χ4v) is 2.94. The molecule has 0 spiro atoms. The first-order valence-corrected chi connectivity index (χ1v) is 6.54. The largest absolute Gasteiger partial charge is 0.495 e. The summed E-state index contributed by atoms with van der Waals surface area (Å²) in [5.41, 5.74) is 1.79. The molecule has 5 heteroatoms. The van der Waals surface area contributed by atoms with Gasteiger partial charge in [-0.1, -0.05) is 0 Å². The lowest BCUT2D eigenvalue weighted by Gasteiger charge is -2.27. The number of hydrogen-bond acceptors (Lipinski definition) is 3. The summed E-state index contributed by atoms with van der Waals surface area (Å²) in [6, 6.07) is 5.21. The molecule has 1 heterocycles. The van der Waals surface area contributed by atoms with Crippen LogP contribution in [0.3, 0.4) is 0 Å². The Labute approximate surface area is 116 Å². The minimum Gasteiger partial charge on any atom is -0.495 e. The Balaban J connectivity index is 2.20. The van der Waals surface area contributed by atoms with Crippen molar-refractivity contribution in [2.75, 3.05) is 7.11 Å². The Bertz CT molecular complexity index is 673. The van der Waals surface area contributed by atoms with Crippen molar-refractivity contribution in [3.8, 4) is 11.8 Å². The van der Waals surface area contributed by atoms with Crippen LogP contribution in [0.1, 0.15) is 35.6 Å². The van der Waals surface area contributed by atoms with Crippen LogP contribution in [0.15, 0.2) is 24.5 Å². The van der Waals surface area contributed by atoms with Crippen molar-refractivity contribution in [3.05, 3.63) is 47.0 Å². The molecule has 0 bridgehead atoms. The maximum Gasteiger partial charge on any atom is 0.145 e. The van der Waals surface area contributed by atoms with Gasteiger partial charge in [0.15, 0.2) is 0 Å². The van der Waals surface area contributed by atoms with Crippen LogP contribution in [0.4, 0.5) is 4.39 Å². The molecule has 20 heavy (non-hydrogen) atoms. The molecule has 102 valence electrons. The van der Waals surface area contributed by atoms with E-state index in [-0.39, 0.29) is 11.6 Å². The number of ether oxygens (including phenoxy) is 1. The molecule has 1 aliphatic carbocycles. The summed E-state index contributed by atoms with van der Waals surface area (Å²) in [7, 11) is 1.48. The van der Waals surface area contributed by atoms with E-state index < -0.39 is 5.82 Å². The molecule has 1 atom stereocenters. The third kappa shape index (κ3) is 1.85. The first kappa shape index (κ1) is 12.7. The normalized spacial score (nSPS) is 17.4. The second kappa shape index (κ2) is 4.97. The third-order valence-corrected chi connectivity index (χ3v) is 3.79. The Kier molecular flexibility index (Phi) is 3.15. The molecule has 2 aromatic rings. The third-order valence-electron chi connectivity index (χ3n) is 3.79. The van der Waals surface area contributed by atoms with Crippen molar-refractivity contribution in [1.82, 2.24) is 9.78 Å². The van der Waals surface area contributed by atoms with Gasteiger partial charge in [-0.3, -0.25) is 4.68 Å². The average Bonchev–Trinajstić information content (AvgIpc) is 2.99. The van der Waals surface area contributed by atoms with Crippen molar-refractivity contribution in [2.45, 2.75) is 25.3 Å². The second-order valence-corrected chi connectivity index (χ2v) is 4.84. The van der Waals surface area contributed by atoms with Crippen molar-refractivity contribution in [1.29, 1.82) is 5.26 Å². The molecule has 0 saturated heterocycles. The van der Waals surface area contributed by atoms with Gasteiger partial charge in [-0.05, 0) is 37.0 Å². The quantitative estimate of drug-likeness (QED) is 0.844. The van der Waals surface area contributed by atoms with Gasteiger partial charge in [0.1, 0.15) is 23.2 Å². The summed E-state index contributed by atoms with van der Waals surface area (Å²) in [5.74, 6) is -0.151. The average molecular weight is 271 g/mol. The van der Waals surface area contributed by atoms with Gasteiger partial charge >= 0.3 is 0 Å². The van der Waals surface area contributed by atoms with Gasteiger partial charge in [0.2, 0.25) is 0 Å². The molecular weight excluding hydrogens is 257 g/mol. The smallest absolute Gasteiger partial charge is 0.145 e. The molecule has 0 amide bonds. The van der Waals surface area contributed by atoms with Crippen molar-refractivity contribution < 1.29 is 9.13 Å². The van der Waals surface area contributed by atoms with Crippen LogP contribution in [-0.4, -0.2) is 16.9 Å². The van der Waals surface area contributed by atoms with Gasteiger partial charge < -0.3 is 4.74 Å². The van der Waals surface area contributed by atoms with E-state index in [1.165, 1.54) is 13.2 Å². The number of benzene rings is 1. The van der Waals surface area contributed by atoms with Gasteiger partial charge in [0, 0.05) is 18.0 Å². The summed E-state index contributed by atoms with van der Waals surface area (Å²) in [6.45, 7) is 0. The predicted octanol–water partition coefficient (Wildman–Crippen LogP) is 2.83. The Morgan fingerprint density at radius 3 is 3.05 bits per heavy atom. The van der Waals surface area contributed by atoms with Gasteiger partial charge in [0.25, 0.3) is 0 Å². The summed E-state index contributed by atoms with van der Waals surface area (Å²) < 4.78 is 21.2. The maximum atomic E-state index is 14.1. The molecule has 1 aromatic heterocycles. The van der Waals surface area contributed by atoms with Crippen molar-refractivity contribution in [2.24, 2.45) is 0 Å². The van der Waals surface area contributed by atoms with E-state index in [9.17, 15) is 4.39 Å². The SMILES string of the molecule is COc1c(C#N)c(F)cc2c1CCCC2n1cccn1. The van der Waals surface area contributed by atoms with Gasteiger partial charge in [-0.15, -0.1) is 0 Å². The van der Waals surface area contributed by atoms with Crippen molar-refractivity contribution in [3.63, 3.8) is 0 Å². The Morgan fingerprint density at radius 2 is 2.40 bits per heavy atom. The van der Waals surface area contributed by atoms with Crippen LogP contribution < -0.4 is 4.74 Å². The topological polar surface area (TPSA) is 50.8 Å². The van der Waals surface area contributed by atoms with Crippen LogP contribution >= 0.6 is 0 Å². The van der Waals surface area contributed by atoms with E-state index >= 15 is 0 Å². The highest BCUT2D eigenvalue weighted by atomic mass is 19.1. The first-order chi connectivity index (χ1) is 9.76. The number of aromatic nitrogens is 2. The Morgan fingerprint density at radius 1 is 1.55 bits per heavy atom. The van der Waals surface area contributed by atoms with Gasteiger partial charge in [-0.2, -0.15) is 10.4 Å². The number of methoxy groups -OCH3 is 1. The van der Waals surface area contributed by atoms with E-state index in [1.54, 1.807) is 6.20 Å². The molecule has 1 aliphatic rings. The highest BCUT2D eigenvalue weighted by Gasteiger charge is 2.28. The monoisotopic (exact) mass is 271 g/mol. The number of rotatable bonds is 2. The zero-order valence-electron chi connectivity index (χ0n) is 11.1. The van der Waals surface area contributed by atoms with E-state index in [0.29, 0.717) is 5.75 Å². The minimum atomic E-state index is -0.526. The lowest BCUT2D eigenvalue weighted by Crippen LogP contribution is -2.19. The molecule has 0 radical (unpaired) electrons. The summed E-state index contributed by atoms with van der Waals surface area (Å²) in [6.07, 6.45) is 6.26. The second-order valence-electron chi connectivity index (χ2n) is 4.84. The molecule has 1 aromatic carbocycles. The highest BCUT2D eigenvalue weighted by Crippen LogP contribution is 2.40. The summed E-state index contributed by atoms with van der Waals surface area (Å²) in [4.78, 5) is 0. The van der Waals surface area contributed by atoms with E-state index in [0.717, 1.165) is 30.4 Å². The van der Waals surface area contributed by atoms with Crippen LogP contribution in [-0.2, 0) is 6.42 Å². The predicted molar refractivity (Wildman–Crippen MR) is 71.0 cm³/mol. The lowest BCUT2D eigenvalue weighted by atomic mass is 9.85. The summed E-state index contributed by atoms with van der Waals surface area (Å²) >= 11 is 0. The molecule has 1 unspecified atom stereocenters. The minimum absolute atomic E-state index is 0.00453. The van der Waals surface area contributed by atoms with E-state index in [4.69, 9.17) is 10.00 Å². The van der Waals surface area contributed by atoms with Gasteiger partial charge in [0.05, 0.1) is 13.2 Å². The molecule has 4 nitrogen and oxygen atoms in total. The zero-order valence-corrected chi connectivity index (χ0v) is 11.1. The number of fused-ring (bicyclic) bond motifs is 1. The number of hydrogen-bond donors (Lipinski definition) is 0. The molecule has 0 aliphatic heterocycles. The first-order valence-electron chi connectivity index (χ1n) is 6.54.